The summed E-state index contributed by atoms with van der Waals surface area (Å²) in [5.74, 6) is -0.698. The van der Waals surface area contributed by atoms with Crippen LogP contribution in [0.4, 0.5) is 10.7 Å². The maximum Gasteiger partial charge on any atom is 0.408 e. The zero-order chi connectivity index (χ0) is 24.7. The number of amides is 2. The van der Waals surface area contributed by atoms with Crippen LogP contribution in [0.25, 0.3) is 0 Å². The molecule has 2 amide bonds. The molecule has 3 heterocycles. The summed E-state index contributed by atoms with van der Waals surface area (Å²) in [5, 5.41) is 25.2. The molecular formula is C22H27N7O6. The SMILES string of the molecule is O=CNC(C1=NO[C@]2(CNC(CNc3ncc[nH]3)C2)C1)C(NC(=O)OCc1ccccc1)C(=O)O. The predicted octanol–water partition coefficient (Wildman–Crippen LogP) is 0.193. The number of hydrogen-bond donors (Lipinski definition) is 6. The van der Waals surface area contributed by atoms with Crippen molar-refractivity contribution in [3.63, 3.8) is 0 Å². The van der Waals surface area contributed by atoms with Crippen LogP contribution in [0.3, 0.4) is 0 Å². The number of oxime groups is 1. The molecule has 13 nitrogen and oxygen atoms in total. The van der Waals surface area contributed by atoms with Gasteiger partial charge in [-0.1, -0.05) is 35.5 Å². The second-order valence-corrected chi connectivity index (χ2v) is 8.42. The molecule has 2 aliphatic heterocycles. The fourth-order valence-corrected chi connectivity index (χ4v) is 4.21. The fourth-order valence-electron chi connectivity index (χ4n) is 4.21. The molecule has 1 aromatic heterocycles. The highest BCUT2D eigenvalue weighted by Crippen LogP contribution is 2.34. The smallest absolute Gasteiger partial charge is 0.408 e. The second-order valence-electron chi connectivity index (χ2n) is 8.42. The van der Waals surface area contributed by atoms with Crippen molar-refractivity contribution in [3.8, 4) is 0 Å². The third-order valence-corrected chi connectivity index (χ3v) is 5.90. The van der Waals surface area contributed by atoms with Crippen molar-refractivity contribution in [2.45, 2.75) is 43.2 Å². The zero-order valence-electron chi connectivity index (χ0n) is 18.8. The largest absolute Gasteiger partial charge is 0.480 e. The number of aromatic nitrogens is 2. The number of imidazole rings is 1. The van der Waals surface area contributed by atoms with Gasteiger partial charge < -0.3 is 40.9 Å². The second kappa shape index (κ2) is 10.9. The van der Waals surface area contributed by atoms with E-state index in [1.54, 1.807) is 36.7 Å². The number of carboxylic acids is 1. The van der Waals surface area contributed by atoms with E-state index in [9.17, 15) is 19.5 Å². The molecule has 0 radical (unpaired) electrons. The molecular weight excluding hydrogens is 458 g/mol. The van der Waals surface area contributed by atoms with Gasteiger partial charge in [0, 0.05) is 44.4 Å². The first kappa shape index (κ1) is 24.0. The van der Waals surface area contributed by atoms with Gasteiger partial charge >= 0.3 is 12.1 Å². The van der Waals surface area contributed by atoms with E-state index in [0.29, 0.717) is 37.6 Å². The van der Waals surface area contributed by atoms with Crippen LogP contribution >= 0.6 is 0 Å². The van der Waals surface area contributed by atoms with Gasteiger partial charge in [-0.3, -0.25) is 4.79 Å². The number of alkyl carbamates (subject to hydrolysis) is 1. The van der Waals surface area contributed by atoms with Gasteiger partial charge in [-0.25, -0.2) is 14.6 Å². The van der Waals surface area contributed by atoms with E-state index in [4.69, 9.17) is 9.57 Å². The van der Waals surface area contributed by atoms with Crippen molar-refractivity contribution in [1.82, 2.24) is 25.9 Å². The third-order valence-electron chi connectivity index (χ3n) is 5.90. The highest BCUT2D eigenvalue weighted by molar-refractivity contribution is 5.98. The van der Waals surface area contributed by atoms with E-state index in [2.05, 4.69) is 36.4 Å². The van der Waals surface area contributed by atoms with E-state index >= 15 is 0 Å². The van der Waals surface area contributed by atoms with Crippen LogP contribution in [-0.4, -0.2) is 76.1 Å². The summed E-state index contributed by atoms with van der Waals surface area (Å²) in [6.45, 7) is 1.05. The van der Waals surface area contributed by atoms with Crippen LogP contribution in [-0.2, 0) is 25.8 Å². The number of aromatic amines is 1. The van der Waals surface area contributed by atoms with Crippen molar-refractivity contribution in [2.75, 3.05) is 18.4 Å². The van der Waals surface area contributed by atoms with Crippen molar-refractivity contribution >= 4 is 30.1 Å². The minimum Gasteiger partial charge on any atom is -0.480 e. The van der Waals surface area contributed by atoms with Crippen molar-refractivity contribution in [3.05, 3.63) is 48.3 Å². The maximum absolute atomic E-state index is 12.3. The van der Waals surface area contributed by atoms with Crippen LogP contribution in [0, 0.1) is 0 Å². The summed E-state index contributed by atoms with van der Waals surface area (Å²) < 4.78 is 5.14. The number of carboxylic acid groups (broad SMARTS) is 1. The summed E-state index contributed by atoms with van der Waals surface area (Å²) in [4.78, 5) is 48.4. The lowest BCUT2D eigenvalue weighted by molar-refractivity contribution is -0.139. The molecule has 3 unspecified atom stereocenters. The molecule has 4 atom stereocenters. The monoisotopic (exact) mass is 485 g/mol. The Morgan fingerprint density at radius 2 is 2.17 bits per heavy atom. The van der Waals surface area contributed by atoms with Gasteiger partial charge in [0.25, 0.3) is 0 Å². The highest BCUT2D eigenvalue weighted by Gasteiger charge is 2.49. The van der Waals surface area contributed by atoms with E-state index in [-0.39, 0.29) is 19.1 Å². The molecule has 35 heavy (non-hydrogen) atoms. The Balaban J connectivity index is 1.35. The van der Waals surface area contributed by atoms with Crippen LogP contribution in [0.5, 0.6) is 0 Å². The van der Waals surface area contributed by atoms with Crippen LogP contribution in [0.1, 0.15) is 18.4 Å². The number of carbonyl (C=O) groups excluding carboxylic acids is 2. The molecule has 6 N–H and O–H groups in total. The summed E-state index contributed by atoms with van der Waals surface area (Å²) >= 11 is 0. The van der Waals surface area contributed by atoms with Crippen molar-refractivity contribution < 1.29 is 29.1 Å². The number of carbonyl (C=O) groups is 3. The predicted molar refractivity (Wildman–Crippen MR) is 124 cm³/mol. The van der Waals surface area contributed by atoms with E-state index in [1.807, 2.05) is 6.07 Å². The van der Waals surface area contributed by atoms with Gasteiger partial charge in [0.2, 0.25) is 6.41 Å². The average Bonchev–Trinajstić information content (AvgIpc) is 3.61. The van der Waals surface area contributed by atoms with Gasteiger partial charge in [0.15, 0.2) is 17.6 Å². The molecule has 2 aromatic rings. The van der Waals surface area contributed by atoms with E-state index in [1.165, 1.54) is 0 Å². The molecule has 0 bridgehead atoms. The topological polar surface area (TPSA) is 179 Å². The number of aliphatic carboxylic acids is 1. The van der Waals surface area contributed by atoms with Crippen molar-refractivity contribution in [2.24, 2.45) is 5.16 Å². The summed E-state index contributed by atoms with van der Waals surface area (Å²) in [5.41, 5.74) is 0.386. The molecule has 1 spiro atoms. The van der Waals surface area contributed by atoms with Crippen molar-refractivity contribution in [1.29, 1.82) is 0 Å². The third kappa shape index (κ3) is 6.06. The van der Waals surface area contributed by atoms with E-state index < -0.39 is 29.7 Å². The minimum absolute atomic E-state index is 0.0307. The van der Waals surface area contributed by atoms with Gasteiger partial charge in [0.05, 0.1) is 5.71 Å². The molecule has 2 aliphatic rings. The van der Waals surface area contributed by atoms with Crippen LogP contribution in [0.2, 0.25) is 0 Å². The van der Waals surface area contributed by atoms with Gasteiger partial charge in [-0.05, 0) is 5.56 Å². The maximum atomic E-state index is 12.3. The van der Waals surface area contributed by atoms with Crippen LogP contribution in [0.15, 0.2) is 47.9 Å². The Bertz CT molecular complexity index is 1050. The molecule has 4 rings (SSSR count). The average molecular weight is 486 g/mol. The minimum atomic E-state index is -1.51. The Kier molecular flexibility index (Phi) is 7.45. The first-order valence-electron chi connectivity index (χ1n) is 11.1. The lowest BCUT2D eigenvalue weighted by Crippen LogP contribution is -2.57. The summed E-state index contributed by atoms with van der Waals surface area (Å²) in [6, 6.07) is 6.41. The van der Waals surface area contributed by atoms with Crippen LogP contribution < -0.4 is 21.3 Å². The first-order chi connectivity index (χ1) is 17.0. The molecule has 13 heteroatoms. The number of ether oxygens (including phenoxy) is 1. The summed E-state index contributed by atoms with van der Waals surface area (Å²) in [7, 11) is 0. The van der Waals surface area contributed by atoms with Gasteiger partial charge in [-0.15, -0.1) is 0 Å². The highest BCUT2D eigenvalue weighted by atomic mass is 16.7. The zero-order valence-corrected chi connectivity index (χ0v) is 18.8. The summed E-state index contributed by atoms with van der Waals surface area (Å²) in [6.07, 6.45) is 3.69. The normalized spacial score (nSPS) is 22.5. The molecule has 1 fully saturated rings. The molecule has 0 aliphatic carbocycles. The standard InChI is InChI=1S/C22H27N7O6/c30-13-27-17(18(19(31)32)28-21(33)34-11-14-4-2-1-3-5-14)16-9-22(35-29-16)8-15(26-12-22)10-25-20-23-6-7-24-20/h1-7,13,15,17-18,26H,8-12H2,(H,27,30)(H,28,33)(H,31,32)(H2,23,24,25)/t15?,17?,18?,22-/m0/s1. The molecule has 186 valence electrons. The Morgan fingerprint density at radius 1 is 1.34 bits per heavy atom. The number of benzene rings is 1. The molecule has 0 saturated carbocycles. The first-order valence-corrected chi connectivity index (χ1v) is 11.1. The molecule has 1 aromatic carbocycles. The quantitative estimate of drug-likeness (QED) is 0.242. The number of rotatable bonds is 11. The van der Waals surface area contributed by atoms with E-state index in [0.717, 1.165) is 5.56 Å². The number of hydrogen-bond acceptors (Lipinski definition) is 9. The Hall–Kier alpha value is -4.13. The lowest BCUT2D eigenvalue weighted by Gasteiger charge is -2.25. The number of nitrogens with one attached hydrogen (secondary N) is 5. The van der Waals surface area contributed by atoms with Gasteiger partial charge in [-0.2, -0.15) is 0 Å². The number of nitrogens with zero attached hydrogens (tertiary/aromatic N) is 2. The lowest BCUT2D eigenvalue weighted by atomic mass is 9.89. The Morgan fingerprint density at radius 3 is 2.89 bits per heavy atom. The molecule has 1 saturated heterocycles. The number of anilines is 1. The fraction of sp³-hybridized carbons (Fsp3) is 0.409. The Labute approximate surface area is 200 Å². The van der Waals surface area contributed by atoms with Gasteiger partial charge in [0.1, 0.15) is 12.6 Å². The number of H-pyrrole nitrogens is 1.